The van der Waals surface area contributed by atoms with Crippen LogP contribution in [0.25, 0.3) is 0 Å². The molecule has 30 heavy (non-hydrogen) atoms. The standard InChI is InChI=1S/C19H18F3N3O5/c1-2-29-18(28)12-7-14(16(24-9-12)17(27)25-15(26)8-23)30-10-11-3-5-13(6-4-11)19(20,21)22/h3-7,9H,2,8,10,23H2,1H3,(H,25,26,27). The number of rotatable bonds is 7. The van der Waals surface area contributed by atoms with Crippen LogP contribution in [0.15, 0.2) is 36.5 Å². The number of nitrogens with one attached hydrogen (secondary N) is 1. The second kappa shape index (κ2) is 9.83. The minimum Gasteiger partial charge on any atom is -0.486 e. The Kier molecular flexibility index (Phi) is 7.48. The van der Waals surface area contributed by atoms with Crippen LogP contribution in [0.5, 0.6) is 5.75 Å². The van der Waals surface area contributed by atoms with Crippen LogP contribution in [-0.2, 0) is 22.3 Å². The average molecular weight is 425 g/mol. The van der Waals surface area contributed by atoms with Crippen molar-refractivity contribution in [3.05, 3.63) is 58.9 Å². The normalized spacial score (nSPS) is 11.0. The molecule has 11 heteroatoms. The number of aromatic nitrogens is 1. The minimum absolute atomic E-state index is 0.0130. The third-order valence-electron chi connectivity index (χ3n) is 3.69. The molecule has 0 saturated heterocycles. The molecule has 0 bridgehead atoms. The molecular formula is C19H18F3N3O5. The van der Waals surface area contributed by atoms with Gasteiger partial charge in [-0.05, 0) is 30.7 Å². The van der Waals surface area contributed by atoms with Gasteiger partial charge in [-0.2, -0.15) is 13.2 Å². The number of nitrogens with zero attached hydrogens (tertiary/aromatic N) is 1. The van der Waals surface area contributed by atoms with Gasteiger partial charge in [-0.25, -0.2) is 9.78 Å². The summed E-state index contributed by atoms with van der Waals surface area (Å²) in [6.07, 6.45) is -3.40. The summed E-state index contributed by atoms with van der Waals surface area (Å²) >= 11 is 0. The van der Waals surface area contributed by atoms with Gasteiger partial charge in [-0.3, -0.25) is 14.9 Å². The fraction of sp³-hybridized carbons (Fsp3) is 0.263. The number of carbonyl (C=O) groups is 3. The number of hydrogen-bond donors (Lipinski definition) is 2. The van der Waals surface area contributed by atoms with E-state index in [-0.39, 0.29) is 30.2 Å². The van der Waals surface area contributed by atoms with E-state index < -0.39 is 36.1 Å². The summed E-state index contributed by atoms with van der Waals surface area (Å²) in [5.74, 6) is -2.55. The zero-order chi connectivity index (χ0) is 22.3. The lowest BCUT2D eigenvalue weighted by Gasteiger charge is -2.13. The number of carbonyl (C=O) groups excluding carboxylic acids is 3. The first-order chi connectivity index (χ1) is 14.2. The lowest BCUT2D eigenvalue weighted by atomic mass is 10.1. The molecule has 1 aromatic carbocycles. The highest BCUT2D eigenvalue weighted by Gasteiger charge is 2.30. The van der Waals surface area contributed by atoms with Crippen LogP contribution in [-0.4, -0.2) is 35.9 Å². The monoisotopic (exact) mass is 425 g/mol. The van der Waals surface area contributed by atoms with Gasteiger partial charge in [-0.1, -0.05) is 12.1 Å². The van der Waals surface area contributed by atoms with Gasteiger partial charge in [0, 0.05) is 6.20 Å². The van der Waals surface area contributed by atoms with E-state index in [1.807, 2.05) is 5.32 Å². The first-order valence-corrected chi connectivity index (χ1v) is 8.66. The molecule has 1 heterocycles. The third kappa shape index (κ3) is 6.01. The van der Waals surface area contributed by atoms with E-state index in [0.29, 0.717) is 5.56 Å². The van der Waals surface area contributed by atoms with Crippen molar-refractivity contribution in [2.24, 2.45) is 5.73 Å². The minimum atomic E-state index is -4.47. The number of pyridine rings is 1. The van der Waals surface area contributed by atoms with E-state index in [9.17, 15) is 27.6 Å². The van der Waals surface area contributed by atoms with Crippen molar-refractivity contribution in [2.45, 2.75) is 19.7 Å². The van der Waals surface area contributed by atoms with Crippen molar-refractivity contribution in [1.29, 1.82) is 0 Å². The number of esters is 1. The molecule has 8 nitrogen and oxygen atoms in total. The van der Waals surface area contributed by atoms with E-state index >= 15 is 0 Å². The van der Waals surface area contributed by atoms with Crippen LogP contribution in [0, 0.1) is 0 Å². The summed E-state index contributed by atoms with van der Waals surface area (Å²) < 4.78 is 48.4. The Balaban J connectivity index is 2.27. The number of amides is 2. The van der Waals surface area contributed by atoms with Crippen LogP contribution >= 0.6 is 0 Å². The molecule has 2 rings (SSSR count). The molecule has 0 aliphatic rings. The molecule has 0 aliphatic carbocycles. The van der Waals surface area contributed by atoms with Gasteiger partial charge < -0.3 is 15.2 Å². The fourth-order valence-corrected chi connectivity index (χ4v) is 2.24. The highest BCUT2D eigenvalue weighted by atomic mass is 19.4. The molecule has 0 atom stereocenters. The molecule has 0 unspecified atom stereocenters. The van der Waals surface area contributed by atoms with Gasteiger partial charge >= 0.3 is 12.1 Å². The van der Waals surface area contributed by atoms with Crippen molar-refractivity contribution in [3.63, 3.8) is 0 Å². The Bertz CT molecular complexity index is 930. The predicted octanol–water partition coefficient (Wildman–Crippen LogP) is 2.07. The maximum absolute atomic E-state index is 12.7. The Morgan fingerprint density at radius 3 is 2.40 bits per heavy atom. The molecule has 0 saturated carbocycles. The highest BCUT2D eigenvalue weighted by molar-refractivity contribution is 6.06. The number of halogens is 3. The number of benzene rings is 1. The summed E-state index contributed by atoms with van der Waals surface area (Å²) in [7, 11) is 0. The second-order valence-electron chi connectivity index (χ2n) is 5.86. The van der Waals surface area contributed by atoms with Gasteiger partial charge in [0.25, 0.3) is 5.91 Å². The van der Waals surface area contributed by atoms with E-state index in [4.69, 9.17) is 15.2 Å². The Morgan fingerprint density at radius 2 is 1.83 bits per heavy atom. The molecule has 2 amide bonds. The van der Waals surface area contributed by atoms with Crippen molar-refractivity contribution >= 4 is 17.8 Å². The molecule has 0 radical (unpaired) electrons. The third-order valence-corrected chi connectivity index (χ3v) is 3.69. The Labute approximate surface area is 169 Å². The van der Waals surface area contributed by atoms with Gasteiger partial charge in [0.05, 0.1) is 24.3 Å². The Morgan fingerprint density at radius 1 is 1.17 bits per heavy atom. The van der Waals surface area contributed by atoms with Crippen LogP contribution in [0.2, 0.25) is 0 Å². The molecule has 160 valence electrons. The average Bonchev–Trinajstić information content (AvgIpc) is 2.71. The van der Waals surface area contributed by atoms with E-state index in [2.05, 4.69) is 4.98 Å². The van der Waals surface area contributed by atoms with Gasteiger partial charge in [0.2, 0.25) is 5.91 Å². The lowest BCUT2D eigenvalue weighted by Crippen LogP contribution is -2.36. The van der Waals surface area contributed by atoms with E-state index in [1.165, 1.54) is 18.2 Å². The predicted molar refractivity (Wildman–Crippen MR) is 97.5 cm³/mol. The van der Waals surface area contributed by atoms with Gasteiger partial charge in [0.1, 0.15) is 6.61 Å². The van der Waals surface area contributed by atoms with Gasteiger partial charge in [0.15, 0.2) is 11.4 Å². The smallest absolute Gasteiger partial charge is 0.416 e. The molecular weight excluding hydrogens is 407 g/mol. The molecule has 0 aliphatic heterocycles. The van der Waals surface area contributed by atoms with Crippen LogP contribution in [0.3, 0.4) is 0 Å². The molecule has 2 aromatic rings. The van der Waals surface area contributed by atoms with E-state index in [1.54, 1.807) is 6.92 Å². The zero-order valence-electron chi connectivity index (χ0n) is 15.8. The number of nitrogens with two attached hydrogens (primary N) is 1. The van der Waals surface area contributed by atoms with Crippen molar-refractivity contribution in [1.82, 2.24) is 10.3 Å². The highest BCUT2D eigenvalue weighted by Crippen LogP contribution is 2.29. The summed E-state index contributed by atoms with van der Waals surface area (Å²) in [6.45, 7) is 1.05. The van der Waals surface area contributed by atoms with Crippen LogP contribution in [0.4, 0.5) is 13.2 Å². The van der Waals surface area contributed by atoms with E-state index in [0.717, 1.165) is 18.3 Å². The maximum atomic E-state index is 12.7. The first-order valence-electron chi connectivity index (χ1n) is 8.66. The Hall–Kier alpha value is -3.47. The molecule has 0 spiro atoms. The van der Waals surface area contributed by atoms with Crippen molar-refractivity contribution in [3.8, 4) is 5.75 Å². The summed E-state index contributed by atoms with van der Waals surface area (Å²) in [4.78, 5) is 39.4. The topological polar surface area (TPSA) is 121 Å². The summed E-state index contributed by atoms with van der Waals surface area (Å²) in [6, 6.07) is 5.39. The molecule has 0 fully saturated rings. The van der Waals surface area contributed by atoms with Gasteiger partial charge in [-0.15, -0.1) is 0 Å². The SMILES string of the molecule is CCOC(=O)c1cnc(C(=O)NC(=O)CN)c(OCc2ccc(C(F)(F)F)cc2)c1. The summed E-state index contributed by atoms with van der Waals surface area (Å²) in [5.41, 5.74) is 4.38. The first kappa shape index (κ1) is 22.8. The van der Waals surface area contributed by atoms with Crippen LogP contribution < -0.4 is 15.8 Å². The molecule has 1 aromatic heterocycles. The van der Waals surface area contributed by atoms with Crippen LogP contribution in [0.1, 0.15) is 38.9 Å². The van der Waals surface area contributed by atoms with Crippen molar-refractivity contribution < 1.29 is 37.0 Å². The maximum Gasteiger partial charge on any atom is 0.416 e. The number of ether oxygens (including phenoxy) is 2. The lowest BCUT2D eigenvalue weighted by molar-refractivity contribution is -0.137. The molecule has 3 N–H and O–H groups in total. The quantitative estimate of drug-likeness (QED) is 0.652. The number of hydrogen-bond acceptors (Lipinski definition) is 7. The zero-order valence-corrected chi connectivity index (χ0v) is 15.8. The largest absolute Gasteiger partial charge is 0.486 e. The second-order valence-corrected chi connectivity index (χ2v) is 5.86. The number of alkyl halides is 3. The summed E-state index contributed by atoms with van der Waals surface area (Å²) in [5, 5.41) is 2.00. The fourth-order valence-electron chi connectivity index (χ4n) is 2.24. The van der Waals surface area contributed by atoms with Crippen molar-refractivity contribution in [2.75, 3.05) is 13.2 Å². The number of imide groups is 1.